The Bertz CT molecular complexity index is 1220. The number of hydrogen-bond donors (Lipinski definition) is 1. The first-order chi connectivity index (χ1) is 15.4. The summed E-state index contributed by atoms with van der Waals surface area (Å²) < 4.78 is 41.2. The average molecular weight is 439 g/mol. The summed E-state index contributed by atoms with van der Waals surface area (Å²) in [6.07, 6.45) is 4.44. The summed E-state index contributed by atoms with van der Waals surface area (Å²) in [7, 11) is 0. The van der Waals surface area contributed by atoms with Crippen LogP contribution in [0, 0.1) is 5.92 Å². The molecule has 2 atom stereocenters. The van der Waals surface area contributed by atoms with Crippen molar-refractivity contribution >= 4 is 5.91 Å². The number of rotatable bonds is 4. The highest BCUT2D eigenvalue weighted by Gasteiger charge is 2.51. The molecule has 3 aromatic heterocycles. The van der Waals surface area contributed by atoms with Crippen LogP contribution in [0.5, 0.6) is 0 Å². The van der Waals surface area contributed by atoms with Crippen LogP contribution in [0.2, 0.25) is 0 Å². The Balaban J connectivity index is 1.38. The molecule has 2 fully saturated rings. The van der Waals surface area contributed by atoms with E-state index in [4.69, 9.17) is 0 Å². The summed E-state index contributed by atoms with van der Waals surface area (Å²) in [5, 5.41) is 7.68. The van der Waals surface area contributed by atoms with Crippen LogP contribution < -0.4 is 5.32 Å². The lowest BCUT2D eigenvalue weighted by Crippen LogP contribution is -2.51. The van der Waals surface area contributed by atoms with E-state index in [9.17, 15) is 18.0 Å². The molecular formula is C23H20F3N5O. The van der Waals surface area contributed by atoms with Crippen LogP contribution in [-0.4, -0.2) is 25.7 Å². The number of carbonyl (C=O) groups is 1. The summed E-state index contributed by atoms with van der Waals surface area (Å²) in [4.78, 5) is 21.6. The first-order valence-corrected chi connectivity index (χ1v) is 10.7. The van der Waals surface area contributed by atoms with Crippen molar-refractivity contribution in [2.45, 2.75) is 49.7 Å². The molecular weight excluding hydrogens is 419 g/mol. The van der Waals surface area contributed by atoms with E-state index < -0.39 is 17.3 Å². The van der Waals surface area contributed by atoms with Crippen LogP contribution in [0.4, 0.5) is 13.2 Å². The molecule has 6 rings (SSSR count). The van der Waals surface area contributed by atoms with E-state index in [0.717, 1.165) is 67.3 Å². The lowest BCUT2D eigenvalue weighted by molar-refractivity contribution is -0.137. The van der Waals surface area contributed by atoms with Gasteiger partial charge in [-0.1, -0.05) is 0 Å². The zero-order valence-corrected chi connectivity index (χ0v) is 17.1. The molecule has 3 aliphatic carbocycles. The molecule has 3 aliphatic rings. The summed E-state index contributed by atoms with van der Waals surface area (Å²) in [5.74, 6) is 0.470. The zero-order chi connectivity index (χ0) is 22.1. The highest BCUT2D eigenvalue weighted by Crippen LogP contribution is 2.57. The second kappa shape index (κ2) is 6.63. The van der Waals surface area contributed by atoms with Crippen LogP contribution in [0.15, 0.2) is 42.9 Å². The maximum absolute atomic E-state index is 13.4. The number of aromatic nitrogens is 4. The SMILES string of the molecule is O=C(NC1(c2ccncc2)CCC1)c1nn(-c2cc(C(F)(F)F)ccn2)c2c1C[C@@H]1C[C@H]21. The fourth-order valence-electron chi connectivity index (χ4n) is 5.15. The van der Waals surface area contributed by atoms with Crippen LogP contribution in [0.25, 0.3) is 5.82 Å². The molecule has 0 saturated heterocycles. The Morgan fingerprint density at radius 1 is 1.16 bits per heavy atom. The van der Waals surface area contributed by atoms with Gasteiger partial charge >= 0.3 is 6.18 Å². The van der Waals surface area contributed by atoms with Gasteiger partial charge in [-0.3, -0.25) is 9.78 Å². The molecule has 0 aliphatic heterocycles. The lowest BCUT2D eigenvalue weighted by atomic mass is 9.72. The summed E-state index contributed by atoms with van der Waals surface area (Å²) in [6, 6.07) is 5.75. The van der Waals surface area contributed by atoms with E-state index in [1.807, 2.05) is 12.1 Å². The van der Waals surface area contributed by atoms with Crippen molar-refractivity contribution in [2.24, 2.45) is 5.92 Å². The third-order valence-corrected chi connectivity index (χ3v) is 7.06. The third kappa shape index (κ3) is 2.94. The molecule has 0 aromatic carbocycles. The molecule has 0 radical (unpaired) electrons. The van der Waals surface area contributed by atoms with Gasteiger partial charge in [0.15, 0.2) is 11.5 Å². The van der Waals surface area contributed by atoms with Crippen molar-refractivity contribution in [1.29, 1.82) is 0 Å². The van der Waals surface area contributed by atoms with Gasteiger partial charge in [-0.2, -0.15) is 18.3 Å². The Labute approximate surface area is 181 Å². The van der Waals surface area contributed by atoms with E-state index in [0.29, 0.717) is 11.6 Å². The first-order valence-electron chi connectivity index (χ1n) is 10.7. The van der Waals surface area contributed by atoms with Gasteiger partial charge in [0.1, 0.15) is 0 Å². The average Bonchev–Trinajstić information content (AvgIpc) is 3.25. The molecule has 3 aromatic rings. The standard InChI is InChI=1S/C23H20F3N5O/c24-23(25,26)15-4-9-28-18(12-15)31-20-16-10-13(16)11-17(20)19(30-31)21(32)29-22(5-1-6-22)14-2-7-27-8-3-14/h2-4,7-9,12-13,16H,1,5-6,10-11H2,(H,29,32)/t13-,16-/m0/s1. The predicted molar refractivity (Wildman–Crippen MR) is 108 cm³/mol. The zero-order valence-electron chi connectivity index (χ0n) is 17.1. The molecule has 1 amide bonds. The fourth-order valence-corrected chi connectivity index (χ4v) is 5.15. The van der Waals surface area contributed by atoms with E-state index >= 15 is 0 Å². The second-order valence-corrected chi connectivity index (χ2v) is 8.96. The molecule has 0 spiro atoms. The van der Waals surface area contributed by atoms with Crippen molar-refractivity contribution in [2.75, 3.05) is 0 Å². The van der Waals surface area contributed by atoms with E-state index in [-0.39, 0.29) is 17.6 Å². The van der Waals surface area contributed by atoms with Gasteiger partial charge in [0.05, 0.1) is 16.8 Å². The van der Waals surface area contributed by atoms with Gasteiger partial charge < -0.3 is 5.32 Å². The largest absolute Gasteiger partial charge is 0.416 e. The number of alkyl halides is 3. The third-order valence-electron chi connectivity index (χ3n) is 7.06. The second-order valence-electron chi connectivity index (χ2n) is 8.96. The van der Waals surface area contributed by atoms with Crippen LogP contribution in [-0.2, 0) is 18.1 Å². The number of amides is 1. The van der Waals surface area contributed by atoms with Crippen molar-refractivity contribution in [3.05, 3.63) is 70.9 Å². The minimum atomic E-state index is -4.47. The smallest absolute Gasteiger partial charge is 0.341 e. The van der Waals surface area contributed by atoms with Gasteiger partial charge in [0.2, 0.25) is 0 Å². The Morgan fingerprint density at radius 3 is 2.62 bits per heavy atom. The first kappa shape index (κ1) is 19.5. The van der Waals surface area contributed by atoms with Gasteiger partial charge in [-0.25, -0.2) is 9.67 Å². The normalized spacial score (nSPS) is 22.6. The number of carbonyl (C=O) groups excluding carboxylic acids is 1. The van der Waals surface area contributed by atoms with Crippen molar-refractivity contribution in [3.63, 3.8) is 0 Å². The molecule has 0 bridgehead atoms. The highest BCUT2D eigenvalue weighted by molar-refractivity contribution is 5.95. The molecule has 1 N–H and O–H groups in total. The highest BCUT2D eigenvalue weighted by atomic mass is 19.4. The molecule has 6 nitrogen and oxygen atoms in total. The van der Waals surface area contributed by atoms with Crippen molar-refractivity contribution < 1.29 is 18.0 Å². The molecule has 2 saturated carbocycles. The Kier molecular flexibility index (Phi) is 4.03. The molecule has 32 heavy (non-hydrogen) atoms. The topological polar surface area (TPSA) is 72.7 Å². The van der Waals surface area contributed by atoms with Crippen LogP contribution >= 0.6 is 0 Å². The monoisotopic (exact) mass is 439 g/mol. The maximum atomic E-state index is 13.4. The van der Waals surface area contributed by atoms with Crippen molar-refractivity contribution in [3.8, 4) is 5.82 Å². The fraction of sp³-hybridized carbons (Fsp3) is 0.391. The Morgan fingerprint density at radius 2 is 1.94 bits per heavy atom. The van der Waals surface area contributed by atoms with Gasteiger partial charge in [0, 0.05) is 30.1 Å². The maximum Gasteiger partial charge on any atom is 0.416 e. The summed E-state index contributed by atoms with van der Waals surface area (Å²) >= 11 is 0. The summed E-state index contributed by atoms with van der Waals surface area (Å²) in [6.45, 7) is 0. The number of nitrogens with one attached hydrogen (secondary N) is 1. The molecule has 3 heterocycles. The number of fused-ring (bicyclic) bond motifs is 3. The molecule has 164 valence electrons. The van der Waals surface area contributed by atoms with Crippen molar-refractivity contribution in [1.82, 2.24) is 25.1 Å². The van der Waals surface area contributed by atoms with E-state index in [1.165, 1.54) is 4.68 Å². The summed E-state index contributed by atoms with van der Waals surface area (Å²) in [5.41, 5.74) is 1.74. The van der Waals surface area contributed by atoms with E-state index in [1.54, 1.807) is 12.4 Å². The number of halogens is 3. The predicted octanol–water partition coefficient (Wildman–Crippen LogP) is 4.15. The number of nitrogens with zero attached hydrogens (tertiary/aromatic N) is 4. The Hall–Kier alpha value is -3.23. The van der Waals surface area contributed by atoms with Gasteiger partial charge in [-0.15, -0.1) is 0 Å². The number of pyridine rings is 2. The lowest BCUT2D eigenvalue weighted by Gasteiger charge is -2.42. The number of hydrogen-bond acceptors (Lipinski definition) is 4. The minimum Gasteiger partial charge on any atom is -0.341 e. The van der Waals surface area contributed by atoms with Gasteiger partial charge in [-0.05, 0) is 67.9 Å². The van der Waals surface area contributed by atoms with Crippen LogP contribution in [0.1, 0.15) is 64.5 Å². The molecule has 9 heteroatoms. The molecule has 0 unspecified atom stereocenters. The van der Waals surface area contributed by atoms with E-state index in [2.05, 4.69) is 20.4 Å². The van der Waals surface area contributed by atoms with Crippen LogP contribution in [0.3, 0.4) is 0 Å². The quantitative estimate of drug-likeness (QED) is 0.663. The van der Waals surface area contributed by atoms with Gasteiger partial charge in [0.25, 0.3) is 5.91 Å². The minimum absolute atomic E-state index is 0.0927.